The lowest BCUT2D eigenvalue weighted by Crippen LogP contribution is -2.26. The third kappa shape index (κ3) is 3.66. The van der Waals surface area contributed by atoms with Gasteiger partial charge >= 0.3 is 0 Å². The van der Waals surface area contributed by atoms with Crippen molar-refractivity contribution in [3.8, 4) is 0 Å². The zero-order chi connectivity index (χ0) is 13.8. The second-order valence-corrected chi connectivity index (χ2v) is 5.78. The standard InChI is InChI=1S/C15H17NO2S/c1-10(2)7-15(18)16-9-12(17)14-8-11-5-3-4-6-13(11)19-14/h3-8,12,17H,9H2,1-2H3,(H,16,18). The first kappa shape index (κ1) is 13.8. The molecular formula is C15H17NO2S. The number of thiophene rings is 1. The van der Waals surface area contributed by atoms with Crippen LogP contribution in [0.5, 0.6) is 0 Å². The van der Waals surface area contributed by atoms with Crippen LogP contribution in [0.4, 0.5) is 0 Å². The van der Waals surface area contributed by atoms with E-state index in [1.165, 1.54) is 6.08 Å². The van der Waals surface area contributed by atoms with Crippen LogP contribution >= 0.6 is 11.3 Å². The highest BCUT2D eigenvalue weighted by molar-refractivity contribution is 7.19. The third-order valence-electron chi connectivity index (χ3n) is 2.66. The van der Waals surface area contributed by atoms with Crippen LogP contribution in [0, 0.1) is 0 Å². The van der Waals surface area contributed by atoms with Crippen molar-refractivity contribution in [2.24, 2.45) is 0 Å². The number of fused-ring (bicyclic) bond motifs is 1. The van der Waals surface area contributed by atoms with E-state index < -0.39 is 6.10 Å². The smallest absolute Gasteiger partial charge is 0.244 e. The van der Waals surface area contributed by atoms with Crippen molar-refractivity contribution in [3.63, 3.8) is 0 Å². The van der Waals surface area contributed by atoms with E-state index in [2.05, 4.69) is 5.32 Å². The van der Waals surface area contributed by atoms with Gasteiger partial charge in [0.25, 0.3) is 0 Å². The average molecular weight is 275 g/mol. The molecule has 4 heteroatoms. The summed E-state index contributed by atoms with van der Waals surface area (Å²) in [5, 5.41) is 13.9. The van der Waals surface area contributed by atoms with Crippen LogP contribution in [0.1, 0.15) is 24.8 Å². The Morgan fingerprint density at radius 1 is 1.42 bits per heavy atom. The summed E-state index contributed by atoms with van der Waals surface area (Å²) in [6.45, 7) is 3.96. The number of hydrogen-bond donors (Lipinski definition) is 2. The Labute approximate surface area is 116 Å². The van der Waals surface area contributed by atoms with Gasteiger partial charge in [-0.15, -0.1) is 11.3 Å². The number of carbonyl (C=O) groups excluding carboxylic acids is 1. The Hall–Kier alpha value is -1.65. The Kier molecular flexibility index (Phi) is 4.35. The average Bonchev–Trinajstić information content (AvgIpc) is 2.78. The van der Waals surface area contributed by atoms with Gasteiger partial charge in [-0.25, -0.2) is 0 Å². The van der Waals surface area contributed by atoms with E-state index in [0.29, 0.717) is 0 Å². The van der Waals surface area contributed by atoms with E-state index in [4.69, 9.17) is 0 Å². The molecule has 0 spiro atoms. The number of amides is 1. The van der Waals surface area contributed by atoms with Gasteiger partial charge in [-0.3, -0.25) is 4.79 Å². The number of hydrogen-bond acceptors (Lipinski definition) is 3. The first-order valence-corrected chi connectivity index (χ1v) is 6.97. The zero-order valence-electron chi connectivity index (χ0n) is 11.0. The highest BCUT2D eigenvalue weighted by Crippen LogP contribution is 2.29. The summed E-state index contributed by atoms with van der Waals surface area (Å²) in [5.74, 6) is -0.167. The third-order valence-corrected chi connectivity index (χ3v) is 3.88. The molecule has 2 aromatic rings. The van der Waals surface area contributed by atoms with E-state index in [0.717, 1.165) is 20.5 Å². The van der Waals surface area contributed by atoms with Gasteiger partial charge in [-0.05, 0) is 31.4 Å². The molecule has 0 saturated carbocycles. The molecule has 100 valence electrons. The molecule has 0 aliphatic heterocycles. The molecule has 2 N–H and O–H groups in total. The van der Waals surface area contributed by atoms with E-state index >= 15 is 0 Å². The molecule has 0 saturated heterocycles. The van der Waals surface area contributed by atoms with E-state index in [1.807, 2.05) is 44.2 Å². The second kappa shape index (κ2) is 5.99. The predicted octanol–water partition coefficient (Wildman–Crippen LogP) is 3.02. The van der Waals surface area contributed by atoms with Crippen LogP contribution in [0.25, 0.3) is 10.1 Å². The molecule has 1 atom stereocenters. The normalized spacial score (nSPS) is 12.2. The lowest BCUT2D eigenvalue weighted by Gasteiger charge is -2.08. The Morgan fingerprint density at radius 3 is 2.84 bits per heavy atom. The van der Waals surface area contributed by atoms with Crippen LogP contribution in [-0.2, 0) is 4.79 Å². The minimum atomic E-state index is -0.660. The highest BCUT2D eigenvalue weighted by Gasteiger charge is 2.11. The summed E-state index contributed by atoms with van der Waals surface area (Å²) < 4.78 is 1.15. The van der Waals surface area contributed by atoms with Crippen molar-refractivity contribution < 1.29 is 9.90 Å². The summed E-state index contributed by atoms with van der Waals surface area (Å²) in [6.07, 6.45) is 0.865. The van der Waals surface area contributed by atoms with Crippen molar-refractivity contribution in [3.05, 3.63) is 46.9 Å². The maximum atomic E-state index is 11.5. The number of rotatable bonds is 4. The van der Waals surface area contributed by atoms with Crippen LogP contribution in [0.3, 0.4) is 0 Å². The molecule has 19 heavy (non-hydrogen) atoms. The van der Waals surface area contributed by atoms with Gasteiger partial charge in [-0.2, -0.15) is 0 Å². The molecule has 1 amide bonds. The monoisotopic (exact) mass is 275 g/mol. The van der Waals surface area contributed by atoms with Gasteiger partial charge in [-0.1, -0.05) is 23.8 Å². The molecule has 1 unspecified atom stereocenters. The number of nitrogens with one attached hydrogen (secondary N) is 1. The molecule has 0 bridgehead atoms. The highest BCUT2D eigenvalue weighted by atomic mass is 32.1. The Morgan fingerprint density at radius 2 is 2.16 bits per heavy atom. The largest absolute Gasteiger partial charge is 0.386 e. The van der Waals surface area contributed by atoms with E-state index in [1.54, 1.807) is 11.3 Å². The lowest BCUT2D eigenvalue weighted by molar-refractivity contribution is -0.117. The molecule has 2 rings (SSSR count). The fraction of sp³-hybridized carbons (Fsp3) is 0.267. The SMILES string of the molecule is CC(C)=CC(=O)NCC(O)c1cc2ccccc2s1. The van der Waals surface area contributed by atoms with Gasteiger partial charge in [0.15, 0.2) is 0 Å². The summed E-state index contributed by atoms with van der Waals surface area (Å²) in [6, 6.07) is 9.97. The summed E-state index contributed by atoms with van der Waals surface area (Å²) in [5.41, 5.74) is 0.939. The Bertz CT molecular complexity index is 578. The second-order valence-electron chi connectivity index (χ2n) is 4.67. The van der Waals surface area contributed by atoms with Gasteiger partial charge < -0.3 is 10.4 Å². The zero-order valence-corrected chi connectivity index (χ0v) is 11.8. The van der Waals surface area contributed by atoms with Crippen molar-refractivity contribution in [2.75, 3.05) is 6.54 Å². The summed E-state index contributed by atoms with van der Waals surface area (Å²) in [4.78, 5) is 12.3. The van der Waals surface area contributed by atoms with Crippen LogP contribution in [0.15, 0.2) is 42.0 Å². The molecule has 1 heterocycles. The molecule has 0 aliphatic carbocycles. The minimum Gasteiger partial charge on any atom is -0.386 e. The molecule has 0 fully saturated rings. The predicted molar refractivity (Wildman–Crippen MR) is 79.2 cm³/mol. The number of aliphatic hydroxyl groups is 1. The van der Waals surface area contributed by atoms with Crippen LogP contribution in [-0.4, -0.2) is 17.6 Å². The van der Waals surface area contributed by atoms with Crippen molar-refractivity contribution >= 4 is 27.3 Å². The van der Waals surface area contributed by atoms with Crippen LogP contribution in [0.2, 0.25) is 0 Å². The number of allylic oxidation sites excluding steroid dienone is 1. The lowest BCUT2D eigenvalue weighted by atomic mass is 10.2. The molecule has 3 nitrogen and oxygen atoms in total. The van der Waals surface area contributed by atoms with Gasteiger partial charge in [0, 0.05) is 22.2 Å². The van der Waals surface area contributed by atoms with Gasteiger partial charge in [0.1, 0.15) is 6.10 Å². The van der Waals surface area contributed by atoms with Crippen molar-refractivity contribution in [1.29, 1.82) is 0 Å². The molecule has 1 aromatic heterocycles. The van der Waals surface area contributed by atoms with E-state index in [9.17, 15) is 9.90 Å². The molecular weight excluding hydrogens is 258 g/mol. The maximum absolute atomic E-state index is 11.5. The minimum absolute atomic E-state index is 0.167. The molecule has 1 aromatic carbocycles. The van der Waals surface area contributed by atoms with Gasteiger partial charge in [0.05, 0.1) is 0 Å². The quantitative estimate of drug-likeness (QED) is 0.843. The fourth-order valence-corrected chi connectivity index (χ4v) is 2.83. The maximum Gasteiger partial charge on any atom is 0.244 e. The molecule has 0 radical (unpaired) electrons. The number of carbonyl (C=O) groups is 1. The van der Waals surface area contributed by atoms with Crippen molar-refractivity contribution in [2.45, 2.75) is 20.0 Å². The van der Waals surface area contributed by atoms with Gasteiger partial charge in [0.2, 0.25) is 5.91 Å². The Balaban J connectivity index is 2.01. The fourth-order valence-electron chi connectivity index (χ4n) is 1.78. The van der Waals surface area contributed by atoms with Crippen molar-refractivity contribution in [1.82, 2.24) is 5.32 Å². The first-order valence-electron chi connectivity index (χ1n) is 6.15. The topological polar surface area (TPSA) is 49.3 Å². The molecule has 0 aliphatic rings. The first-order chi connectivity index (χ1) is 9.06. The number of benzene rings is 1. The summed E-state index contributed by atoms with van der Waals surface area (Å²) >= 11 is 1.55. The van der Waals surface area contributed by atoms with Crippen LogP contribution < -0.4 is 5.32 Å². The number of aliphatic hydroxyl groups excluding tert-OH is 1. The van der Waals surface area contributed by atoms with E-state index in [-0.39, 0.29) is 12.5 Å². The summed E-state index contributed by atoms with van der Waals surface area (Å²) in [7, 11) is 0.